The molecule has 2 heterocycles. The molecule has 0 aliphatic carbocycles. The van der Waals surface area contributed by atoms with Crippen LogP contribution in [-0.2, 0) is 4.79 Å². The lowest BCUT2D eigenvalue weighted by atomic mass is 9.96. The van der Waals surface area contributed by atoms with Crippen LogP contribution in [0.15, 0.2) is 42.5 Å². The number of amides is 1. The van der Waals surface area contributed by atoms with E-state index >= 15 is 0 Å². The lowest BCUT2D eigenvalue weighted by molar-refractivity contribution is -0.120. The van der Waals surface area contributed by atoms with E-state index in [4.69, 9.17) is 14.5 Å². The fourth-order valence-electron chi connectivity index (χ4n) is 3.53. The molecule has 29 heavy (non-hydrogen) atoms. The van der Waals surface area contributed by atoms with Crippen LogP contribution >= 0.6 is 11.3 Å². The molecule has 3 aromatic rings. The van der Waals surface area contributed by atoms with Gasteiger partial charge in [-0.15, -0.1) is 0 Å². The van der Waals surface area contributed by atoms with Gasteiger partial charge in [-0.1, -0.05) is 11.3 Å². The van der Waals surface area contributed by atoms with Gasteiger partial charge in [0.05, 0.1) is 23.9 Å². The van der Waals surface area contributed by atoms with Crippen LogP contribution in [0.3, 0.4) is 0 Å². The Morgan fingerprint density at radius 3 is 2.59 bits per heavy atom. The van der Waals surface area contributed by atoms with Gasteiger partial charge in [-0.2, -0.15) is 0 Å². The summed E-state index contributed by atoms with van der Waals surface area (Å²) in [5.74, 6) is 1.76. The van der Waals surface area contributed by atoms with Crippen molar-refractivity contribution in [1.82, 2.24) is 4.98 Å². The quantitative estimate of drug-likeness (QED) is 0.644. The van der Waals surface area contributed by atoms with Gasteiger partial charge in [-0.3, -0.25) is 4.79 Å². The highest BCUT2D eigenvalue weighted by Gasteiger charge is 2.26. The third kappa shape index (κ3) is 4.45. The first-order chi connectivity index (χ1) is 14.2. The number of carbonyl (C=O) groups excluding carboxylic acids is 1. The van der Waals surface area contributed by atoms with Gasteiger partial charge < -0.3 is 19.7 Å². The summed E-state index contributed by atoms with van der Waals surface area (Å²) in [6, 6.07) is 13.5. The molecular formula is C22H25N3O3S. The van der Waals surface area contributed by atoms with E-state index in [9.17, 15) is 4.79 Å². The number of methoxy groups -OCH3 is 1. The highest BCUT2D eigenvalue weighted by atomic mass is 32.1. The molecule has 1 amide bonds. The molecule has 2 aromatic carbocycles. The zero-order valence-corrected chi connectivity index (χ0v) is 17.5. The van der Waals surface area contributed by atoms with Crippen molar-refractivity contribution >= 4 is 38.3 Å². The van der Waals surface area contributed by atoms with Gasteiger partial charge in [-0.25, -0.2) is 4.98 Å². The van der Waals surface area contributed by atoms with E-state index in [1.165, 1.54) is 0 Å². The molecule has 152 valence electrons. The van der Waals surface area contributed by atoms with Crippen molar-refractivity contribution in [2.24, 2.45) is 5.92 Å². The number of benzene rings is 2. The van der Waals surface area contributed by atoms with E-state index in [0.29, 0.717) is 6.61 Å². The summed E-state index contributed by atoms with van der Waals surface area (Å²) in [6.45, 7) is 4.25. The van der Waals surface area contributed by atoms with Crippen LogP contribution in [0.25, 0.3) is 10.2 Å². The molecule has 1 aliphatic rings. The third-order valence-corrected chi connectivity index (χ3v) is 6.23. The van der Waals surface area contributed by atoms with Crippen molar-refractivity contribution in [3.05, 3.63) is 42.5 Å². The Labute approximate surface area is 174 Å². The number of rotatable bonds is 6. The number of piperidine rings is 1. The predicted molar refractivity (Wildman–Crippen MR) is 117 cm³/mol. The van der Waals surface area contributed by atoms with E-state index in [0.717, 1.165) is 58.5 Å². The van der Waals surface area contributed by atoms with Crippen LogP contribution < -0.4 is 19.7 Å². The second-order valence-corrected chi connectivity index (χ2v) is 8.05. The van der Waals surface area contributed by atoms with E-state index in [1.54, 1.807) is 18.4 Å². The Balaban J connectivity index is 1.34. The number of nitrogens with one attached hydrogen (secondary N) is 1. The molecule has 1 aromatic heterocycles. The topological polar surface area (TPSA) is 63.7 Å². The molecule has 1 saturated heterocycles. The van der Waals surface area contributed by atoms with Crippen LogP contribution in [0.1, 0.15) is 19.8 Å². The number of anilines is 2. The summed E-state index contributed by atoms with van der Waals surface area (Å²) < 4.78 is 11.9. The Morgan fingerprint density at radius 1 is 1.17 bits per heavy atom. The molecule has 0 spiro atoms. The first kappa shape index (κ1) is 19.5. The van der Waals surface area contributed by atoms with Crippen molar-refractivity contribution in [3.63, 3.8) is 0 Å². The monoisotopic (exact) mass is 411 g/mol. The summed E-state index contributed by atoms with van der Waals surface area (Å²) in [5, 5.41) is 4.04. The first-order valence-electron chi connectivity index (χ1n) is 9.89. The molecule has 7 heteroatoms. The highest BCUT2D eigenvalue weighted by molar-refractivity contribution is 7.22. The summed E-state index contributed by atoms with van der Waals surface area (Å²) >= 11 is 1.67. The minimum atomic E-state index is 0.0206. The van der Waals surface area contributed by atoms with Gasteiger partial charge in [0.15, 0.2) is 5.13 Å². The van der Waals surface area contributed by atoms with E-state index in [-0.39, 0.29) is 11.8 Å². The smallest absolute Gasteiger partial charge is 0.227 e. The standard InChI is InChI=1S/C22H25N3O3S/c1-3-28-17-6-4-16(5-7-17)23-21(26)15-10-12-25(13-11-15)22-24-19-9-8-18(27-2)14-20(19)29-22/h4-9,14-15H,3,10-13H2,1-2H3,(H,23,26). The summed E-state index contributed by atoms with van der Waals surface area (Å²) in [4.78, 5) is 19.7. The third-order valence-electron chi connectivity index (χ3n) is 5.15. The van der Waals surface area contributed by atoms with Crippen LogP contribution in [0.5, 0.6) is 11.5 Å². The lowest BCUT2D eigenvalue weighted by Crippen LogP contribution is -2.38. The van der Waals surface area contributed by atoms with E-state index in [2.05, 4.69) is 10.2 Å². The molecule has 1 aliphatic heterocycles. The molecule has 1 N–H and O–H groups in total. The summed E-state index contributed by atoms with van der Waals surface area (Å²) in [7, 11) is 1.67. The molecule has 0 unspecified atom stereocenters. The molecule has 0 saturated carbocycles. The number of fused-ring (bicyclic) bond motifs is 1. The van der Waals surface area contributed by atoms with Crippen molar-refractivity contribution < 1.29 is 14.3 Å². The second kappa shape index (κ2) is 8.69. The molecule has 0 bridgehead atoms. The number of hydrogen-bond donors (Lipinski definition) is 1. The SMILES string of the molecule is CCOc1ccc(NC(=O)C2CCN(c3nc4ccc(OC)cc4s3)CC2)cc1. The maximum atomic E-state index is 12.6. The van der Waals surface area contributed by atoms with Crippen molar-refractivity contribution in [2.45, 2.75) is 19.8 Å². The fourth-order valence-corrected chi connectivity index (χ4v) is 4.58. The Kier molecular flexibility index (Phi) is 5.85. The first-order valence-corrected chi connectivity index (χ1v) is 10.7. The average Bonchev–Trinajstić information content (AvgIpc) is 3.18. The minimum Gasteiger partial charge on any atom is -0.497 e. The van der Waals surface area contributed by atoms with Gasteiger partial charge in [0.25, 0.3) is 0 Å². The lowest BCUT2D eigenvalue weighted by Gasteiger charge is -2.31. The van der Waals surface area contributed by atoms with Crippen molar-refractivity contribution in [3.8, 4) is 11.5 Å². The van der Waals surface area contributed by atoms with Crippen molar-refractivity contribution in [1.29, 1.82) is 0 Å². The van der Waals surface area contributed by atoms with Crippen LogP contribution in [0, 0.1) is 5.92 Å². The number of ether oxygens (including phenoxy) is 2. The molecule has 6 nitrogen and oxygen atoms in total. The predicted octanol–water partition coefficient (Wildman–Crippen LogP) is 4.56. The zero-order valence-electron chi connectivity index (χ0n) is 16.7. The minimum absolute atomic E-state index is 0.0206. The van der Waals surface area contributed by atoms with Gasteiger partial charge in [0, 0.05) is 24.7 Å². The molecule has 0 atom stereocenters. The second-order valence-electron chi connectivity index (χ2n) is 7.04. The average molecular weight is 412 g/mol. The summed E-state index contributed by atoms with van der Waals surface area (Å²) in [5.41, 5.74) is 1.79. The summed E-state index contributed by atoms with van der Waals surface area (Å²) in [6.07, 6.45) is 1.64. The molecule has 0 radical (unpaired) electrons. The van der Waals surface area contributed by atoms with Crippen molar-refractivity contribution in [2.75, 3.05) is 37.0 Å². The molecule has 4 rings (SSSR count). The maximum absolute atomic E-state index is 12.6. The van der Waals surface area contributed by atoms with Crippen LogP contribution in [0.4, 0.5) is 10.8 Å². The normalized spacial score (nSPS) is 14.8. The van der Waals surface area contributed by atoms with Gasteiger partial charge in [0.2, 0.25) is 5.91 Å². The largest absolute Gasteiger partial charge is 0.497 e. The number of thiazole rings is 1. The van der Waals surface area contributed by atoms with Gasteiger partial charge >= 0.3 is 0 Å². The van der Waals surface area contributed by atoms with Gasteiger partial charge in [0.1, 0.15) is 11.5 Å². The Hall–Kier alpha value is -2.80. The number of hydrogen-bond acceptors (Lipinski definition) is 6. The Bertz CT molecular complexity index is 979. The number of carbonyl (C=O) groups is 1. The molecule has 1 fully saturated rings. The zero-order chi connectivity index (χ0) is 20.2. The number of nitrogens with zero attached hydrogens (tertiary/aromatic N) is 2. The van der Waals surface area contributed by atoms with Crippen LogP contribution in [0.2, 0.25) is 0 Å². The Morgan fingerprint density at radius 2 is 1.90 bits per heavy atom. The van der Waals surface area contributed by atoms with E-state index < -0.39 is 0 Å². The maximum Gasteiger partial charge on any atom is 0.227 e. The van der Waals surface area contributed by atoms with E-state index in [1.807, 2.05) is 49.4 Å². The fraction of sp³-hybridized carbons (Fsp3) is 0.364. The highest BCUT2D eigenvalue weighted by Crippen LogP contribution is 2.33. The molecular weight excluding hydrogens is 386 g/mol. The van der Waals surface area contributed by atoms with Crippen LogP contribution in [-0.4, -0.2) is 37.7 Å². The number of aromatic nitrogens is 1. The van der Waals surface area contributed by atoms with Gasteiger partial charge in [-0.05, 0) is 62.2 Å².